The highest BCUT2D eigenvalue weighted by molar-refractivity contribution is 5.88. The quantitative estimate of drug-likeness (QED) is 0.319. The van der Waals surface area contributed by atoms with Gasteiger partial charge < -0.3 is 9.64 Å². The van der Waals surface area contributed by atoms with Gasteiger partial charge in [0.1, 0.15) is 12.4 Å². The van der Waals surface area contributed by atoms with Crippen LogP contribution in [-0.2, 0) is 4.79 Å². The lowest BCUT2D eigenvalue weighted by Crippen LogP contribution is -2.38. The van der Waals surface area contributed by atoms with Gasteiger partial charge in [0.05, 0.1) is 5.92 Å². The van der Waals surface area contributed by atoms with Crippen LogP contribution in [0.15, 0.2) is 72.8 Å². The minimum Gasteiger partial charge on any atom is -0.492 e. The summed E-state index contributed by atoms with van der Waals surface area (Å²) in [5.74, 6) is 1.17. The van der Waals surface area contributed by atoms with Crippen LogP contribution in [0.3, 0.4) is 0 Å². The number of benzene rings is 3. The Hall–Kier alpha value is -2.85. The number of ether oxygens (including phenoxy) is 1. The van der Waals surface area contributed by atoms with Crippen LogP contribution < -0.4 is 4.74 Å². The van der Waals surface area contributed by atoms with Crippen molar-refractivity contribution in [3.8, 4) is 5.75 Å². The molecule has 1 fully saturated rings. The third kappa shape index (κ3) is 7.08. The van der Waals surface area contributed by atoms with Crippen molar-refractivity contribution in [3.05, 3.63) is 78.4 Å². The Labute approximate surface area is 210 Å². The number of rotatable bonds is 11. The van der Waals surface area contributed by atoms with Gasteiger partial charge >= 0.3 is 0 Å². The maximum absolute atomic E-state index is 13.6. The zero-order chi connectivity index (χ0) is 24.3. The van der Waals surface area contributed by atoms with Crippen molar-refractivity contribution in [2.45, 2.75) is 51.4 Å². The highest BCUT2D eigenvalue weighted by Crippen LogP contribution is 2.26. The highest BCUT2D eigenvalue weighted by atomic mass is 16.5. The summed E-state index contributed by atoms with van der Waals surface area (Å²) in [7, 11) is 0. The molecule has 3 aromatic rings. The van der Waals surface area contributed by atoms with Crippen LogP contribution in [-0.4, -0.2) is 55.0 Å². The first-order valence-electron chi connectivity index (χ1n) is 13.4. The third-order valence-corrected chi connectivity index (χ3v) is 7.11. The van der Waals surface area contributed by atoms with Crippen molar-refractivity contribution in [2.24, 2.45) is 0 Å². The van der Waals surface area contributed by atoms with Crippen LogP contribution >= 0.6 is 0 Å². The van der Waals surface area contributed by atoms with E-state index in [0.29, 0.717) is 12.5 Å². The van der Waals surface area contributed by atoms with E-state index < -0.39 is 0 Å². The molecule has 1 heterocycles. The molecule has 4 rings (SSSR count). The monoisotopic (exact) mass is 472 g/mol. The van der Waals surface area contributed by atoms with Gasteiger partial charge in [-0.2, -0.15) is 0 Å². The molecule has 186 valence electrons. The number of carbonyl (C=O) groups excluding carboxylic acids is 1. The van der Waals surface area contributed by atoms with Crippen molar-refractivity contribution in [2.75, 3.05) is 39.3 Å². The predicted molar refractivity (Wildman–Crippen MR) is 145 cm³/mol. The van der Waals surface area contributed by atoms with Gasteiger partial charge in [0.2, 0.25) is 5.91 Å². The molecule has 1 saturated heterocycles. The zero-order valence-electron chi connectivity index (χ0n) is 21.2. The normalized spacial score (nSPS) is 15.2. The molecular formula is C31H40N2O2. The van der Waals surface area contributed by atoms with Crippen molar-refractivity contribution >= 4 is 16.7 Å². The summed E-state index contributed by atoms with van der Waals surface area (Å²) in [6.07, 6.45) is 6.65. The average Bonchev–Trinajstić information content (AvgIpc) is 3.19. The Morgan fingerprint density at radius 3 is 2.34 bits per heavy atom. The molecule has 4 nitrogen and oxygen atoms in total. The fourth-order valence-electron chi connectivity index (χ4n) is 5.20. The van der Waals surface area contributed by atoms with Crippen molar-refractivity contribution in [3.63, 3.8) is 0 Å². The number of amides is 1. The number of carbonyl (C=O) groups is 1. The molecule has 0 aromatic heterocycles. The molecule has 1 atom stereocenters. The van der Waals surface area contributed by atoms with Gasteiger partial charge in [-0.3, -0.25) is 9.69 Å². The fourth-order valence-corrected chi connectivity index (χ4v) is 5.20. The van der Waals surface area contributed by atoms with Crippen molar-refractivity contribution < 1.29 is 9.53 Å². The Balaban J connectivity index is 1.39. The number of fused-ring (bicyclic) bond motifs is 1. The summed E-state index contributed by atoms with van der Waals surface area (Å²) in [6, 6.07) is 25.0. The Bertz CT molecular complexity index is 1040. The van der Waals surface area contributed by atoms with Crippen molar-refractivity contribution in [1.82, 2.24) is 9.80 Å². The molecule has 0 aliphatic carbocycles. The van der Waals surface area contributed by atoms with E-state index >= 15 is 0 Å². The summed E-state index contributed by atoms with van der Waals surface area (Å²) in [4.78, 5) is 18.2. The van der Waals surface area contributed by atoms with Crippen LogP contribution in [0.1, 0.15) is 56.9 Å². The van der Waals surface area contributed by atoms with Crippen LogP contribution in [0, 0.1) is 0 Å². The standard InChI is InChI=1S/C31H40N2O2/c1-2-20-32(24-25-35-30-18-12-16-26-15-8-9-17-28(26)30)23-19-29(27-13-6-5-7-14-27)31(34)33-21-10-3-4-11-22-33/h5-9,12-18,29H,2-4,10-11,19-25H2,1H3. The second-order valence-corrected chi connectivity index (χ2v) is 9.66. The molecule has 0 N–H and O–H groups in total. The molecule has 35 heavy (non-hydrogen) atoms. The molecule has 1 amide bonds. The van der Waals surface area contributed by atoms with Crippen LogP contribution in [0.4, 0.5) is 0 Å². The summed E-state index contributed by atoms with van der Waals surface area (Å²) in [5.41, 5.74) is 1.14. The SMILES string of the molecule is CCCN(CCOc1cccc2ccccc12)CCC(C(=O)N1CCCCCC1)c1ccccc1. The largest absolute Gasteiger partial charge is 0.492 e. The Morgan fingerprint density at radius 2 is 1.57 bits per heavy atom. The molecule has 0 saturated carbocycles. The van der Waals surface area contributed by atoms with Gasteiger partial charge in [0.15, 0.2) is 0 Å². The van der Waals surface area contributed by atoms with Crippen LogP contribution in [0.2, 0.25) is 0 Å². The lowest BCUT2D eigenvalue weighted by atomic mass is 9.93. The van der Waals surface area contributed by atoms with E-state index in [1.807, 2.05) is 6.07 Å². The second kappa shape index (κ2) is 13.3. The first-order valence-corrected chi connectivity index (χ1v) is 13.4. The van der Waals surface area contributed by atoms with E-state index in [1.54, 1.807) is 0 Å². The van der Waals surface area contributed by atoms with Gasteiger partial charge in [-0.1, -0.05) is 86.5 Å². The van der Waals surface area contributed by atoms with E-state index in [2.05, 4.69) is 83.5 Å². The van der Waals surface area contributed by atoms with E-state index in [1.165, 1.54) is 18.2 Å². The zero-order valence-corrected chi connectivity index (χ0v) is 21.2. The highest BCUT2D eigenvalue weighted by Gasteiger charge is 2.26. The molecule has 0 bridgehead atoms. The number of hydrogen-bond acceptors (Lipinski definition) is 3. The molecule has 3 aromatic carbocycles. The van der Waals surface area contributed by atoms with E-state index in [9.17, 15) is 4.79 Å². The molecule has 0 spiro atoms. The summed E-state index contributed by atoms with van der Waals surface area (Å²) in [5, 5.41) is 2.36. The van der Waals surface area contributed by atoms with Crippen LogP contribution in [0.25, 0.3) is 10.8 Å². The first kappa shape index (κ1) is 25.2. The van der Waals surface area contributed by atoms with Crippen LogP contribution in [0.5, 0.6) is 5.75 Å². The maximum Gasteiger partial charge on any atom is 0.230 e. The van der Waals surface area contributed by atoms with E-state index in [-0.39, 0.29) is 5.92 Å². The fraction of sp³-hybridized carbons (Fsp3) is 0.452. The second-order valence-electron chi connectivity index (χ2n) is 9.66. The summed E-state index contributed by atoms with van der Waals surface area (Å²) in [6.45, 7) is 7.43. The van der Waals surface area contributed by atoms with Gasteiger partial charge in [0, 0.05) is 25.0 Å². The predicted octanol–water partition coefficient (Wildman–Crippen LogP) is 6.51. The molecular weight excluding hydrogens is 432 g/mol. The third-order valence-electron chi connectivity index (χ3n) is 7.11. The minimum absolute atomic E-state index is 0.0763. The lowest BCUT2D eigenvalue weighted by Gasteiger charge is -2.29. The van der Waals surface area contributed by atoms with Gasteiger partial charge in [-0.15, -0.1) is 0 Å². The summed E-state index contributed by atoms with van der Waals surface area (Å²) < 4.78 is 6.23. The van der Waals surface area contributed by atoms with Gasteiger partial charge in [-0.05, 0) is 55.8 Å². The van der Waals surface area contributed by atoms with Gasteiger partial charge in [-0.25, -0.2) is 0 Å². The number of nitrogens with zero attached hydrogens (tertiary/aromatic N) is 2. The maximum atomic E-state index is 13.6. The minimum atomic E-state index is -0.0763. The lowest BCUT2D eigenvalue weighted by molar-refractivity contribution is -0.133. The summed E-state index contributed by atoms with van der Waals surface area (Å²) >= 11 is 0. The molecule has 1 unspecified atom stereocenters. The Morgan fingerprint density at radius 1 is 0.857 bits per heavy atom. The van der Waals surface area contributed by atoms with E-state index in [0.717, 1.165) is 75.1 Å². The average molecular weight is 473 g/mol. The topological polar surface area (TPSA) is 32.8 Å². The van der Waals surface area contributed by atoms with E-state index in [4.69, 9.17) is 4.74 Å². The molecule has 1 aliphatic rings. The molecule has 1 aliphatic heterocycles. The molecule has 4 heteroatoms. The van der Waals surface area contributed by atoms with Gasteiger partial charge in [0.25, 0.3) is 0 Å². The number of hydrogen-bond donors (Lipinski definition) is 0. The first-order chi connectivity index (χ1) is 17.3. The van der Waals surface area contributed by atoms with Crippen molar-refractivity contribution in [1.29, 1.82) is 0 Å². The smallest absolute Gasteiger partial charge is 0.230 e. The molecule has 0 radical (unpaired) electrons. The Kier molecular flexibility index (Phi) is 9.59. The number of likely N-dealkylation sites (tertiary alicyclic amines) is 1.